The molecule has 68 valence electrons. The maximum absolute atomic E-state index is 5.86. The topological polar surface area (TPSA) is 26.0 Å². The zero-order valence-corrected chi connectivity index (χ0v) is 8.17. The fourth-order valence-electron chi connectivity index (χ4n) is 1.85. The van der Waals surface area contributed by atoms with Gasteiger partial charge in [0.1, 0.15) is 0 Å². The predicted molar refractivity (Wildman–Crippen MR) is 56.5 cm³/mol. The van der Waals surface area contributed by atoms with E-state index in [1.807, 2.05) is 6.92 Å². The summed E-state index contributed by atoms with van der Waals surface area (Å²) in [5.74, 6) is 0. The van der Waals surface area contributed by atoms with E-state index in [2.05, 4.69) is 31.2 Å². The van der Waals surface area contributed by atoms with Crippen molar-refractivity contribution in [2.45, 2.75) is 26.3 Å². The summed E-state index contributed by atoms with van der Waals surface area (Å²) in [7, 11) is 0. The maximum Gasteiger partial charge on any atom is 0.0231 e. The van der Waals surface area contributed by atoms with Gasteiger partial charge in [0.2, 0.25) is 0 Å². The molecular formula is C12H15N. The van der Waals surface area contributed by atoms with Crippen LogP contribution < -0.4 is 5.73 Å². The van der Waals surface area contributed by atoms with Gasteiger partial charge in [-0.05, 0) is 42.5 Å². The lowest BCUT2D eigenvalue weighted by molar-refractivity contribution is 0.840. The first-order valence-electron chi connectivity index (χ1n) is 4.73. The molecule has 13 heavy (non-hydrogen) atoms. The van der Waals surface area contributed by atoms with Crippen LogP contribution in [0.4, 0.5) is 0 Å². The Kier molecular flexibility index (Phi) is 1.97. The van der Waals surface area contributed by atoms with Crippen molar-refractivity contribution >= 4 is 6.08 Å². The van der Waals surface area contributed by atoms with Crippen LogP contribution in [0.3, 0.4) is 0 Å². The molecule has 0 radical (unpaired) electrons. The fraction of sp³-hybridized carbons (Fsp3) is 0.333. The van der Waals surface area contributed by atoms with Crippen LogP contribution in [-0.2, 0) is 6.42 Å². The lowest BCUT2D eigenvalue weighted by Crippen LogP contribution is -2.17. The van der Waals surface area contributed by atoms with Gasteiger partial charge in [0.15, 0.2) is 0 Å². The second kappa shape index (κ2) is 3.00. The van der Waals surface area contributed by atoms with Gasteiger partial charge in [-0.15, -0.1) is 0 Å². The molecule has 0 aromatic heterocycles. The average Bonchev–Trinajstić information content (AvgIpc) is 2.49. The Morgan fingerprint density at radius 3 is 2.77 bits per heavy atom. The summed E-state index contributed by atoms with van der Waals surface area (Å²) < 4.78 is 0. The molecule has 2 N–H and O–H groups in total. The lowest BCUT2D eigenvalue weighted by atomic mass is 10.0. The Hall–Kier alpha value is -1.08. The van der Waals surface area contributed by atoms with E-state index in [4.69, 9.17) is 5.73 Å². The zero-order valence-electron chi connectivity index (χ0n) is 8.17. The fourth-order valence-corrected chi connectivity index (χ4v) is 1.85. The van der Waals surface area contributed by atoms with Gasteiger partial charge in [0.05, 0.1) is 0 Å². The van der Waals surface area contributed by atoms with E-state index in [0.29, 0.717) is 0 Å². The van der Waals surface area contributed by atoms with Crippen molar-refractivity contribution in [1.29, 1.82) is 0 Å². The van der Waals surface area contributed by atoms with Crippen molar-refractivity contribution in [2.75, 3.05) is 0 Å². The van der Waals surface area contributed by atoms with E-state index < -0.39 is 0 Å². The summed E-state index contributed by atoms with van der Waals surface area (Å²) in [4.78, 5) is 0. The molecule has 1 heteroatoms. The molecule has 0 saturated carbocycles. The highest BCUT2D eigenvalue weighted by Gasteiger charge is 2.15. The monoisotopic (exact) mass is 173 g/mol. The third kappa shape index (κ3) is 1.40. The number of fused-ring (bicyclic) bond motifs is 1. The van der Waals surface area contributed by atoms with Crippen molar-refractivity contribution in [3.8, 4) is 0 Å². The molecule has 0 aliphatic heterocycles. The van der Waals surface area contributed by atoms with Gasteiger partial charge in [0.25, 0.3) is 0 Å². The maximum atomic E-state index is 5.86. The van der Waals surface area contributed by atoms with Crippen LogP contribution in [0.5, 0.6) is 0 Å². The minimum atomic E-state index is 0.187. The second-order valence-electron chi connectivity index (χ2n) is 3.83. The van der Waals surface area contributed by atoms with Crippen LogP contribution in [0.15, 0.2) is 23.8 Å². The number of benzene rings is 1. The van der Waals surface area contributed by atoms with E-state index in [-0.39, 0.29) is 6.04 Å². The van der Waals surface area contributed by atoms with Gasteiger partial charge in [-0.2, -0.15) is 0 Å². The standard InChI is InChI=1S/C12H15N/c1-8-4-3-5-10-6-11(9(2)13)7-12(8)10/h3-6,9H,7,13H2,1-2H3. The molecule has 0 amide bonds. The molecular weight excluding hydrogens is 158 g/mol. The average molecular weight is 173 g/mol. The van der Waals surface area contributed by atoms with Gasteiger partial charge >= 0.3 is 0 Å². The summed E-state index contributed by atoms with van der Waals surface area (Å²) in [6, 6.07) is 6.62. The van der Waals surface area contributed by atoms with Crippen LogP contribution in [0.25, 0.3) is 6.08 Å². The zero-order chi connectivity index (χ0) is 9.42. The third-order valence-corrected chi connectivity index (χ3v) is 2.75. The van der Waals surface area contributed by atoms with Crippen LogP contribution in [0.2, 0.25) is 0 Å². The summed E-state index contributed by atoms with van der Waals surface area (Å²) >= 11 is 0. The van der Waals surface area contributed by atoms with Gasteiger partial charge < -0.3 is 5.73 Å². The third-order valence-electron chi connectivity index (χ3n) is 2.75. The number of aryl methyl sites for hydroxylation is 1. The molecule has 0 saturated heterocycles. The normalized spacial score (nSPS) is 16.7. The summed E-state index contributed by atoms with van der Waals surface area (Å²) in [6.07, 6.45) is 3.27. The minimum absolute atomic E-state index is 0.187. The molecule has 0 heterocycles. The Balaban J connectivity index is 2.41. The van der Waals surface area contributed by atoms with E-state index in [9.17, 15) is 0 Å². The van der Waals surface area contributed by atoms with Gasteiger partial charge in [-0.3, -0.25) is 0 Å². The molecule has 1 atom stereocenters. The molecule has 0 bridgehead atoms. The van der Waals surface area contributed by atoms with E-state index in [0.717, 1.165) is 6.42 Å². The molecule has 1 aliphatic carbocycles. The van der Waals surface area contributed by atoms with Crippen molar-refractivity contribution in [3.05, 3.63) is 40.5 Å². The first-order chi connectivity index (χ1) is 6.18. The Morgan fingerprint density at radius 2 is 2.15 bits per heavy atom. The molecule has 1 aromatic rings. The first kappa shape index (κ1) is 8.52. The van der Waals surface area contributed by atoms with Gasteiger partial charge in [-0.25, -0.2) is 0 Å². The van der Waals surface area contributed by atoms with Crippen LogP contribution in [0.1, 0.15) is 23.6 Å². The van der Waals surface area contributed by atoms with Crippen molar-refractivity contribution in [1.82, 2.24) is 0 Å². The van der Waals surface area contributed by atoms with Crippen molar-refractivity contribution in [2.24, 2.45) is 5.73 Å². The SMILES string of the molecule is Cc1cccc2c1CC(C(C)N)=C2. The number of hydrogen-bond acceptors (Lipinski definition) is 1. The summed E-state index contributed by atoms with van der Waals surface area (Å²) in [5.41, 5.74) is 11.4. The molecule has 0 fully saturated rings. The summed E-state index contributed by atoms with van der Waals surface area (Å²) in [6.45, 7) is 4.21. The quantitative estimate of drug-likeness (QED) is 0.692. The Labute approximate surface area is 79.3 Å². The summed E-state index contributed by atoms with van der Waals surface area (Å²) in [5, 5.41) is 0. The van der Waals surface area contributed by atoms with E-state index in [1.54, 1.807) is 0 Å². The molecule has 1 aromatic carbocycles. The minimum Gasteiger partial charge on any atom is -0.324 e. The van der Waals surface area contributed by atoms with Crippen LogP contribution in [-0.4, -0.2) is 6.04 Å². The molecule has 0 spiro atoms. The predicted octanol–water partition coefficient (Wildman–Crippen LogP) is 2.28. The number of rotatable bonds is 1. The first-order valence-corrected chi connectivity index (χ1v) is 4.73. The molecule has 1 nitrogen and oxygen atoms in total. The highest BCUT2D eigenvalue weighted by molar-refractivity contribution is 5.66. The number of nitrogens with two attached hydrogens (primary N) is 1. The molecule has 1 aliphatic rings. The molecule has 2 rings (SSSR count). The highest BCUT2D eigenvalue weighted by atomic mass is 14.6. The number of hydrogen-bond donors (Lipinski definition) is 1. The van der Waals surface area contributed by atoms with E-state index in [1.165, 1.54) is 22.3 Å². The van der Waals surface area contributed by atoms with Gasteiger partial charge in [-0.1, -0.05) is 24.3 Å². The molecule has 1 unspecified atom stereocenters. The van der Waals surface area contributed by atoms with Gasteiger partial charge in [0, 0.05) is 6.04 Å². The Morgan fingerprint density at radius 1 is 1.38 bits per heavy atom. The van der Waals surface area contributed by atoms with E-state index >= 15 is 0 Å². The van der Waals surface area contributed by atoms with Crippen LogP contribution in [0, 0.1) is 6.92 Å². The smallest absolute Gasteiger partial charge is 0.0231 e. The van der Waals surface area contributed by atoms with Crippen molar-refractivity contribution in [3.63, 3.8) is 0 Å². The van der Waals surface area contributed by atoms with Crippen LogP contribution >= 0.6 is 0 Å². The Bertz CT molecular complexity index is 361. The van der Waals surface area contributed by atoms with Crippen molar-refractivity contribution < 1.29 is 0 Å². The second-order valence-corrected chi connectivity index (χ2v) is 3.83. The lowest BCUT2D eigenvalue weighted by Gasteiger charge is -2.06. The highest BCUT2D eigenvalue weighted by Crippen LogP contribution is 2.28. The largest absolute Gasteiger partial charge is 0.324 e.